The summed E-state index contributed by atoms with van der Waals surface area (Å²) in [7, 11) is 0. The lowest BCUT2D eigenvalue weighted by Crippen LogP contribution is -2.31. The quantitative estimate of drug-likeness (QED) is 0.786. The lowest BCUT2D eigenvalue weighted by molar-refractivity contribution is 0.633. The topological polar surface area (TPSA) is 60.7 Å². The fourth-order valence-electron chi connectivity index (χ4n) is 1.95. The molecule has 84 valence electrons. The van der Waals surface area contributed by atoms with Crippen LogP contribution in [0.1, 0.15) is 24.8 Å². The molecule has 16 heavy (non-hydrogen) atoms. The molecule has 1 aromatic rings. The summed E-state index contributed by atoms with van der Waals surface area (Å²) in [4.78, 5) is 4.21. The van der Waals surface area contributed by atoms with Gasteiger partial charge in [0.15, 0.2) is 0 Å². The maximum Gasteiger partial charge on any atom is 0.144 e. The number of nitrogens with zero attached hydrogens (tertiary/aromatic N) is 2. The van der Waals surface area contributed by atoms with Gasteiger partial charge in [0.05, 0.1) is 5.56 Å². The number of nitrogens with one attached hydrogen (secondary N) is 2. The maximum atomic E-state index is 8.96. The molecule has 0 aromatic carbocycles. The van der Waals surface area contributed by atoms with E-state index in [4.69, 9.17) is 5.26 Å². The van der Waals surface area contributed by atoms with Crippen LogP contribution in [0.3, 0.4) is 0 Å². The monoisotopic (exact) mass is 216 g/mol. The first-order valence-corrected chi connectivity index (χ1v) is 5.72. The van der Waals surface area contributed by atoms with Gasteiger partial charge in [0, 0.05) is 18.8 Å². The van der Waals surface area contributed by atoms with E-state index in [-0.39, 0.29) is 0 Å². The summed E-state index contributed by atoms with van der Waals surface area (Å²) in [6, 6.07) is 6.11. The van der Waals surface area contributed by atoms with Crippen molar-refractivity contribution in [2.45, 2.75) is 25.3 Å². The molecule has 4 nitrogen and oxygen atoms in total. The van der Waals surface area contributed by atoms with Gasteiger partial charge >= 0.3 is 0 Å². The number of aromatic nitrogens is 1. The average Bonchev–Trinajstić information content (AvgIpc) is 2.58. The van der Waals surface area contributed by atoms with Crippen molar-refractivity contribution in [1.82, 2.24) is 10.3 Å². The fourth-order valence-corrected chi connectivity index (χ4v) is 1.95. The minimum Gasteiger partial charge on any atom is -0.365 e. The summed E-state index contributed by atoms with van der Waals surface area (Å²) in [6.45, 7) is 2.03. The molecule has 1 aromatic heterocycles. The Labute approximate surface area is 95.7 Å². The highest BCUT2D eigenvalue weighted by atomic mass is 15.0. The first-order valence-electron chi connectivity index (χ1n) is 5.72. The molecule has 1 aliphatic heterocycles. The van der Waals surface area contributed by atoms with Gasteiger partial charge in [0.2, 0.25) is 0 Å². The highest BCUT2D eigenvalue weighted by molar-refractivity contribution is 5.51. The van der Waals surface area contributed by atoms with Crippen LogP contribution in [-0.2, 0) is 0 Å². The summed E-state index contributed by atoms with van der Waals surface area (Å²) in [5.74, 6) is 0.707. The predicted octanol–water partition coefficient (Wildman–Crippen LogP) is 1.51. The van der Waals surface area contributed by atoms with Crippen LogP contribution in [0.4, 0.5) is 5.82 Å². The van der Waals surface area contributed by atoms with Crippen LogP contribution in [0, 0.1) is 11.3 Å². The van der Waals surface area contributed by atoms with Gasteiger partial charge in [-0.05, 0) is 31.5 Å². The highest BCUT2D eigenvalue weighted by Crippen LogP contribution is 2.14. The molecule has 2 N–H and O–H groups in total. The number of nitriles is 1. The first kappa shape index (κ1) is 10.9. The molecule has 0 aliphatic carbocycles. The van der Waals surface area contributed by atoms with E-state index in [0.717, 1.165) is 19.5 Å². The van der Waals surface area contributed by atoms with Crippen LogP contribution in [-0.4, -0.2) is 24.1 Å². The molecule has 0 saturated carbocycles. The van der Waals surface area contributed by atoms with E-state index in [1.807, 2.05) is 0 Å². The zero-order valence-electron chi connectivity index (χ0n) is 9.24. The van der Waals surface area contributed by atoms with Crippen molar-refractivity contribution >= 4 is 5.82 Å². The molecule has 1 atom stereocenters. The Bertz CT molecular complexity index is 375. The summed E-state index contributed by atoms with van der Waals surface area (Å²) >= 11 is 0. The molecule has 1 aliphatic rings. The zero-order valence-corrected chi connectivity index (χ0v) is 9.24. The van der Waals surface area contributed by atoms with Gasteiger partial charge < -0.3 is 10.6 Å². The summed E-state index contributed by atoms with van der Waals surface area (Å²) in [5.41, 5.74) is 0.617. The lowest BCUT2D eigenvalue weighted by atomic mass is 10.1. The van der Waals surface area contributed by atoms with Crippen molar-refractivity contribution in [3.8, 4) is 6.07 Å². The molecule has 4 heteroatoms. The molecule has 1 unspecified atom stereocenters. The van der Waals surface area contributed by atoms with Crippen molar-refractivity contribution < 1.29 is 0 Å². The van der Waals surface area contributed by atoms with E-state index in [2.05, 4.69) is 21.7 Å². The fraction of sp³-hybridized carbons (Fsp3) is 0.500. The molecular weight excluding hydrogens is 200 g/mol. The highest BCUT2D eigenvalue weighted by Gasteiger charge is 2.13. The Balaban J connectivity index is 2.05. The maximum absolute atomic E-state index is 8.96. The van der Waals surface area contributed by atoms with Crippen molar-refractivity contribution in [1.29, 1.82) is 5.26 Å². The van der Waals surface area contributed by atoms with Crippen molar-refractivity contribution in [2.24, 2.45) is 0 Å². The first-order chi connectivity index (χ1) is 7.90. The Morgan fingerprint density at radius 1 is 1.50 bits per heavy atom. The molecule has 0 spiro atoms. The molecule has 0 bridgehead atoms. The predicted molar refractivity (Wildman–Crippen MR) is 63.1 cm³/mol. The van der Waals surface area contributed by atoms with Gasteiger partial charge in [0.25, 0.3) is 0 Å². The SMILES string of the molecule is N#Cc1cccnc1NC1CCCCNC1. The number of pyridine rings is 1. The Hall–Kier alpha value is -1.60. The van der Waals surface area contributed by atoms with Gasteiger partial charge in [-0.3, -0.25) is 0 Å². The third kappa shape index (κ3) is 2.71. The van der Waals surface area contributed by atoms with Crippen LogP contribution >= 0.6 is 0 Å². The molecule has 0 amide bonds. The van der Waals surface area contributed by atoms with Gasteiger partial charge in [-0.25, -0.2) is 4.98 Å². The molecular formula is C12H16N4. The number of rotatable bonds is 2. The van der Waals surface area contributed by atoms with E-state index in [1.165, 1.54) is 12.8 Å². The van der Waals surface area contributed by atoms with Crippen molar-refractivity contribution in [3.05, 3.63) is 23.9 Å². The molecule has 2 rings (SSSR count). The second-order valence-corrected chi connectivity index (χ2v) is 4.05. The van der Waals surface area contributed by atoms with E-state index >= 15 is 0 Å². The lowest BCUT2D eigenvalue weighted by Gasteiger charge is -2.17. The largest absolute Gasteiger partial charge is 0.365 e. The Morgan fingerprint density at radius 3 is 3.31 bits per heavy atom. The molecule has 2 heterocycles. The van der Waals surface area contributed by atoms with Crippen molar-refractivity contribution in [2.75, 3.05) is 18.4 Å². The third-order valence-corrected chi connectivity index (χ3v) is 2.82. The molecule has 1 fully saturated rings. The van der Waals surface area contributed by atoms with Crippen LogP contribution in [0.2, 0.25) is 0 Å². The summed E-state index contributed by atoms with van der Waals surface area (Å²) < 4.78 is 0. The molecule has 0 radical (unpaired) electrons. The minimum atomic E-state index is 0.379. The zero-order chi connectivity index (χ0) is 11.2. The van der Waals surface area contributed by atoms with E-state index in [0.29, 0.717) is 17.4 Å². The third-order valence-electron chi connectivity index (χ3n) is 2.82. The van der Waals surface area contributed by atoms with Crippen LogP contribution in [0.5, 0.6) is 0 Å². The van der Waals surface area contributed by atoms with Gasteiger partial charge in [0.1, 0.15) is 11.9 Å². The van der Waals surface area contributed by atoms with E-state index in [1.54, 1.807) is 18.3 Å². The second kappa shape index (κ2) is 5.47. The minimum absolute atomic E-state index is 0.379. The van der Waals surface area contributed by atoms with Crippen LogP contribution < -0.4 is 10.6 Å². The summed E-state index contributed by atoms with van der Waals surface area (Å²) in [5, 5.41) is 15.7. The van der Waals surface area contributed by atoms with Gasteiger partial charge in [-0.15, -0.1) is 0 Å². The number of hydrogen-bond donors (Lipinski definition) is 2. The smallest absolute Gasteiger partial charge is 0.144 e. The number of anilines is 1. The molecule has 1 saturated heterocycles. The Kier molecular flexibility index (Phi) is 3.73. The standard InChI is InChI=1S/C12H16N4/c13-8-10-4-3-7-15-12(10)16-11-5-1-2-6-14-9-11/h3-4,7,11,14H,1-2,5-6,9H2,(H,15,16). The average molecular weight is 216 g/mol. The Morgan fingerprint density at radius 2 is 2.44 bits per heavy atom. The van der Waals surface area contributed by atoms with Crippen molar-refractivity contribution in [3.63, 3.8) is 0 Å². The number of hydrogen-bond acceptors (Lipinski definition) is 4. The normalized spacial score (nSPS) is 20.8. The van der Waals surface area contributed by atoms with E-state index < -0.39 is 0 Å². The summed E-state index contributed by atoms with van der Waals surface area (Å²) in [6.07, 6.45) is 5.30. The van der Waals surface area contributed by atoms with Gasteiger partial charge in [-0.1, -0.05) is 6.42 Å². The van der Waals surface area contributed by atoms with Crippen LogP contribution in [0.25, 0.3) is 0 Å². The van der Waals surface area contributed by atoms with Gasteiger partial charge in [-0.2, -0.15) is 5.26 Å². The van der Waals surface area contributed by atoms with Crippen LogP contribution in [0.15, 0.2) is 18.3 Å². The van der Waals surface area contributed by atoms with E-state index in [9.17, 15) is 0 Å². The second-order valence-electron chi connectivity index (χ2n) is 4.05.